The normalized spacial score (nSPS) is 11.4. The van der Waals surface area contributed by atoms with Crippen molar-refractivity contribution in [3.63, 3.8) is 0 Å². The van der Waals surface area contributed by atoms with Gasteiger partial charge in [-0.25, -0.2) is 0 Å². The van der Waals surface area contributed by atoms with Crippen molar-refractivity contribution in [3.8, 4) is 11.1 Å². The van der Waals surface area contributed by atoms with Gasteiger partial charge >= 0.3 is 0 Å². The van der Waals surface area contributed by atoms with Gasteiger partial charge in [0.25, 0.3) is 0 Å². The Labute approximate surface area is 343 Å². The zero-order valence-corrected chi connectivity index (χ0v) is 32.6. The van der Waals surface area contributed by atoms with E-state index in [-0.39, 0.29) is 0 Å². The van der Waals surface area contributed by atoms with E-state index in [4.69, 9.17) is 0 Å². The predicted molar refractivity (Wildman–Crippen MR) is 250 cm³/mol. The number of anilines is 6. The molecule has 58 heavy (non-hydrogen) atoms. The average molecular weight is 747 g/mol. The van der Waals surface area contributed by atoms with Crippen molar-refractivity contribution in [3.05, 3.63) is 259 Å². The fourth-order valence-electron chi connectivity index (χ4n) is 7.13. The van der Waals surface area contributed by atoms with E-state index < -0.39 is 0 Å². The van der Waals surface area contributed by atoms with E-state index in [2.05, 4.69) is 259 Å². The van der Waals surface area contributed by atoms with Gasteiger partial charge in [0.2, 0.25) is 0 Å². The molecule has 0 amide bonds. The zero-order chi connectivity index (χ0) is 39.2. The molecule has 0 atom stereocenters. The van der Waals surface area contributed by atoms with E-state index in [0.29, 0.717) is 0 Å². The Morgan fingerprint density at radius 1 is 0.293 bits per heavy atom. The molecule has 2 nitrogen and oxygen atoms in total. The van der Waals surface area contributed by atoms with Crippen LogP contribution in [-0.2, 0) is 6.42 Å². The van der Waals surface area contributed by atoms with Crippen molar-refractivity contribution in [2.45, 2.75) is 12.8 Å². The molecule has 0 bridgehead atoms. The molecule has 0 aromatic heterocycles. The summed E-state index contributed by atoms with van der Waals surface area (Å²) in [5.41, 5.74) is 14.0. The van der Waals surface area contributed by atoms with Gasteiger partial charge in [-0.15, -0.1) is 0 Å². The Hall–Kier alpha value is -7.42. The molecule has 0 unspecified atom stereocenters. The first-order chi connectivity index (χ1) is 28.8. The summed E-state index contributed by atoms with van der Waals surface area (Å²) in [6, 6.07) is 77.5. The van der Waals surface area contributed by atoms with Gasteiger partial charge < -0.3 is 9.80 Å². The van der Waals surface area contributed by atoms with E-state index >= 15 is 0 Å². The smallest absolute Gasteiger partial charge is 0.0462 e. The molecule has 0 spiro atoms. The highest BCUT2D eigenvalue weighted by molar-refractivity contribution is 5.81. The molecule has 0 aliphatic rings. The molecule has 0 radical (unpaired) electrons. The minimum Gasteiger partial charge on any atom is -0.311 e. The van der Waals surface area contributed by atoms with Crippen LogP contribution in [0.5, 0.6) is 0 Å². The summed E-state index contributed by atoms with van der Waals surface area (Å²) in [5, 5.41) is 0. The van der Waals surface area contributed by atoms with Gasteiger partial charge in [0.05, 0.1) is 0 Å². The van der Waals surface area contributed by atoms with Crippen molar-refractivity contribution >= 4 is 52.4 Å². The molecule has 0 heterocycles. The lowest BCUT2D eigenvalue weighted by Crippen LogP contribution is -2.10. The van der Waals surface area contributed by atoms with E-state index in [1.54, 1.807) is 0 Å². The van der Waals surface area contributed by atoms with Crippen LogP contribution in [0.15, 0.2) is 237 Å². The van der Waals surface area contributed by atoms with E-state index in [1.165, 1.54) is 27.8 Å². The fraction of sp³-hybridized carbons (Fsp3) is 0.0357. The van der Waals surface area contributed by atoms with Gasteiger partial charge in [-0.1, -0.05) is 182 Å². The van der Waals surface area contributed by atoms with Crippen LogP contribution < -0.4 is 9.80 Å². The fourth-order valence-corrected chi connectivity index (χ4v) is 7.13. The Balaban J connectivity index is 0.981. The van der Waals surface area contributed by atoms with E-state index in [9.17, 15) is 0 Å². The van der Waals surface area contributed by atoms with Gasteiger partial charge in [0, 0.05) is 34.1 Å². The lowest BCUT2D eigenvalue weighted by molar-refractivity contribution is 1.00. The third kappa shape index (κ3) is 9.68. The van der Waals surface area contributed by atoms with Crippen LogP contribution in [0.25, 0.3) is 29.4 Å². The van der Waals surface area contributed by atoms with Crippen LogP contribution in [0.1, 0.15) is 28.7 Å². The summed E-state index contributed by atoms with van der Waals surface area (Å²) in [6.07, 6.45) is 14.9. The summed E-state index contributed by atoms with van der Waals surface area (Å²) < 4.78 is 0. The van der Waals surface area contributed by atoms with Crippen molar-refractivity contribution < 1.29 is 0 Å². The SMILES string of the molecule is C(C=Cc1ccc(N(c2ccccc2)c2ccc(-c3ccc(N(c4ccccc4)c4ccc(CCC=Cc5ccccc5)cc4)cc3)cc2)cc1)=Cc1ccccc1. The molecule has 8 aromatic rings. The molecule has 0 saturated carbocycles. The molecule has 280 valence electrons. The summed E-state index contributed by atoms with van der Waals surface area (Å²) in [6.45, 7) is 0. The Bertz CT molecular complexity index is 2540. The Morgan fingerprint density at radius 2 is 0.621 bits per heavy atom. The molecule has 0 aliphatic heterocycles. The lowest BCUT2D eigenvalue weighted by atomic mass is 10.0. The summed E-state index contributed by atoms with van der Waals surface area (Å²) in [5.74, 6) is 0. The first kappa shape index (κ1) is 37.5. The molecule has 0 saturated heterocycles. The number of para-hydroxylation sites is 2. The lowest BCUT2D eigenvalue weighted by Gasteiger charge is -2.26. The highest BCUT2D eigenvalue weighted by Crippen LogP contribution is 2.38. The third-order valence-electron chi connectivity index (χ3n) is 10.2. The van der Waals surface area contributed by atoms with Crippen LogP contribution >= 0.6 is 0 Å². The Morgan fingerprint density at radius 3 is 1.05 bits per heavy atom. The topological polar surface area (TPSA) is 6.48 Å². The minimum atomic E-state index is 1.00. The number of hydrogen-bond donors (Lipinski definition) is 0. The molecule has 8 rings (SSSR count). The first-order valence-corrected chi connectivity index (χ1v) is 20.0. The van der Waals surface area contributed by atoms with E-state index in [0.717, 1.165) is 52.5 Å². The van der Waals surface area contributed by atoms with Gasteiger partial charge in [0.15, 0.2) is 0 Å². The van der Waals surface area contributed by atoms with Crippen molar-refractivity contribution in [2.75, 3.05) is 9.80 Å². The number of benzene rings is 8. The second kappa shape index (κ2) is 18.9. The Kier molecular flexibility index (Phi) is 12.3. The molecule has 2 heteroatoms. The third-order valence-corrected chi connectivity index (χ3v) is 10.2. The van der Waals surface area contributed by atoms with Crippen molar-refractivity contribution in [1.29, 1.82) is 0 Å². The highest BCUT2D eigenvalue weighted by atomic mass is 15.1. The number of hydrogen-bond acceptors (Lipinski definition) is 2. The van der Waals surface area contributed by atoms with Crippen LogP contribution in [0.3, 0.4) is 0 Å². The molecule has 0 N–H and O–H groups in total. The number of nitrogens with zero attached hydrogens (tertiary/aromatic N) is 2. The zero-order valence-electron chi connectivity index (χ0n) is 32.6. The summed E-state index contributed by atoms with van der Waals surface area (Å²) >= 11 is 0. The molecular weight excluding hydrogens is 701 g/mol. The standard InChI is InChI=1S/C56H46N2/c1-5-17-45(18-6-1)21-13-15-23-47-29-37-53(38-30-47)57(51-25-9-3-10-26-51)55-41-33-49(34-42-55)50-35-43-56(44-36-50)58(52-27-11-4-12-28-52)54-39-31-48(32-40-54)24-16-14-22-46-19-7-2-8-20-46/h1-15,17-23,25-44H,16,24H2. The maximum absolute atomic E-state index is 2.33. The van der Waals surface area contributed by atoms with Gasteiger partial charge in [-0.2, -0.15) is 0 Å². The molecule has 8 aromatic carbocycles. The second-order valence-electron chi connectivity index (χ2n) is 14.2. The van der Waals surface area contributed by atoms with Crippen molar-refractivity contribution in [2.24, 2.45) is 0 Å². The largest absolute Gasteiger partial charge is 0.311 e. The van der Waals surface area contributed by atoms with Crippen molar-refractivity contribution in [1.82, 2.24) is 0 Å². The quantitative estimate of drug-likeness (QED) is 0.102. The summed E-state index contributed by atoms with van der Waals surface area (Å²) in [4.78, 5) is 4.63. The van der Waals surface area contributed by atoms with Crippen LogP contribution in [-0.4, -0.2) is 0 Å². The van der Waals surface area contributed by atoms with Gasteiger partial charge in [-0.3, -0.25) is 0 Å². The minimum absolute atomic E-state index is 1.00. The highest BCUT2D eigenvalue weighted by Gasteiger charge is 2.14. The van der Waals surface area contributed by atoms with Gasteiger partial charge in [-0.05, 0) is 119 Å². The summed E-state index contributed by atoms with van der Waals surface area (Å²) in [7, 11) is 0. The van der Waals surface area contributed by atoms with Crippen LogP contribution in [0.4, 0.5) is 34.1 Å². The maximum atomic E-state index is 2.33. The first-order valence-electron chi connectivity index (χ1n) is 20.0. The molecule has 0 aliphatic carbocycles. The second-order valence-corrected chi connectivity index (χ2v) is 14.2. The van der Waals surface area contributed by atoms with Crippen LogP contribution in [0.2, 0.25) is 0 Å². The number of rotatable bonds is 14. The molecular formula is C56H46N2. The van der Waals surface area contributed by atoms with Crippen LogP contribution in [0, 0.1) is 0 Å². The average Bonchev–Trinajstić information content (AvgIpc) is 3.30. The van der Waals surface area contributed by atoms with E-state index in [1.807, 2.05) is 6.07 Å². The monoisotopic (exact) mass is 746 g/mol. The number of allylic oxidation sites excluding steroid dienone is 3. The molecule has 0 fully saturated rings. The van der Waals surface area contributed by atoms with Gasteiger partial charge in [0.1, 0.15) is 0 Å². The maximum Gasteiger partial charge on any atom is 0.0462 e. The predicted octanol–water partition coefficient (Wildman–Crippen LogP) is 15.7. The number of aryl methyl sites for hydroxylation is 1.